The number of aromatic carboxylic acids is 1. The number of hydrogen-bond donors (Lipinski definition) is 0. The molecule has 0 aliphatic carbocycles. The van der Waals surface area contributed by atoms with Gasteiger partial charge in [0.05, 0.1) is 27.1 Å². The standard InChI is InChI=1S/C19H14N2O4S2/c1-12(22)21(14-5-3-2-4-6-14)19-20-13(11-26-19)7-8-15(23)16-9-10-17(27-16)18(24)25/h2-11H,1H3,(H,24,25)/p-1/b8-7+. The zero-order valence-electron chi connectivity index (χ0n) is 14.1. The zero-order chi connectivity index (χ0) is 19.4. The highest BCUT2D eigenvalue weighted by Crippen LogP contribution is 2.29. The number of amides is 1. The minimum atomic E-state index is -1.31. The molecule has 1 aromatic carbocycles. The number of anilines is 2. The highest BCUT2D eigenvalue weighted by atomic mass is 32.1. The fraction of sp³-hybridized carbons (Fsp3) is 0.0526. The fourth-order valence-electron chi connectivity index (χ4n) is 2.28. The number of ketones is 1. The maximum Gasteiger partial charge on any atom is 0.230 e. The van der Waals surface area contributed by atoms with Crippen molar-refractivity contribution >= 4 is 57.2 Å². The molecule has 0 N–H and O–H groups in total. The Labute approximate surface area is 163 Å². The molecule has 0 saturated carbocycles. The summed E-state index contributed by atoms with van der Waals surface area (Å²) in [6, 6.07) is 11.9. The minimum absolute atomic E-state index is 0.00246. The molecule has 3 rings (SSSR count). The van der Waals surface area contributed by atoms with Gasteiger partial charge in [0.2, 0.25) is 5.91 Å². The van der Waals surface area contributed by atoms with E-state index in [9.17, 15) is 19.5 Å². The maximum absolute atomic E-state index is 12.1. The van der Waals surface area contributed by atoms with E-state index in [1.165, 1.54) is 47.4 Å². The fourth-order valence-corrected chi connectivity index (χ4v) is 3.90. The normalized spacial score (nSPS) is 10.9. The summed E-state index contributed by atoms with van der Waals surface area (Å²) < 4.78 is 0. The molecule has 0 fully saturated rings. The number of thiazole rings is 1. The Morgan fingerprint density at radius 1 is 1.07 bits per heavy atom. The molecule has 2 heterocycles. The van der Waals surface area contributed by atoms with Crippen LogP contribution in [0.25, 0.3) is 6.08 Å². The van der Waals surface area contributed by atoms with Crippen LogP contribution in [0.4, 0.5) is 10.8 Å². The summed E-state index contributed by atoms with van der Waals surface area (Å²) in [5.41, 5.74) is 1.24. The molecular weight excluding hydrogens is 384 g/mol. The Morgan fingerprint density at radius 2 is 1.78 bits per heavy atom. The van der Waals surface area contributed by atoms with Gasteiger partial charge in [-0.15, -0.1) is 22.7 Å². The lowest BCUT2D eigenvalue weighted by Gasteiger charge is -2.17. The predicted octanol–water partition coefficient (Wildman–Crippen LogP) is 3.15. The van der Waals surface area contributed by atoms with E-state index in [1.54, 1.807) is 5.38 Å². The van der Waals surface area contributed by atoms with Crippen LogP contribution in [0, 0.1) is 0 Å². The Morgan fingerprint density at radius 3 is 2.41 bits per heavy atom. The van der Waals surface area contributed by atoms with Crippen molar-refractivity contribution in [1.29, 1.82) is 0 Å². The van der Waals surface area contributed by atoms with Gasteiger partial charge in [-0.2, -0.15) is 0 Å². The monoisotopic (exact) mass is 397 g/mol. The minimum Gasteiger partial charge on any atom is -0.544 e. The van der Waals surface area contributed by atoms with Crippen molar-refractivity contribution in [3.63, 3.8) is 0 Å². The Bertz CT molecular complexity index is 1020. The first kappa shape index (κ1) is 18.7. The van der Waals surface area contributed by atoms with Crippen molar-refractivity contribution in [2.24, 2.45) is 0 Å². The molecule has 136 valence electrons. The molecule has 0 aliphatic rings. The van der Waals surface area contributed by atoms with E-state index in [0.717, 1.165) is 11.3 Å². The summed E-state index contributed by atoms with van der Waals surface area (Å²) in [4.78, 5) is 41.2. The van der Waals surface area contributed by atoms with Crippen LogP contribution in [0.1, 0.15) is 32.0 Å². The lowest BCUT2D eigenvalue weighted by Crippen LogP contribution is -2.22. The van der Waals surface area contributed by atoms with Crippen molar-refractivity contribution in [2.45, 2.75) is 6.92 Å². The van der Waals surface area contributed by atoms with Crippen LogP contribution in [-0.2, 0) is 4.79 Å². The molecule has 0 spiro atoms. The van der Waals surface area contributed by atoms with Crippen molar-refractivity contribution in [2.75, 3.05) is 4.90 Å². The third kappa shape index (κ3) is 4.36. The number of benzene rings is 1. The van der Waals surface area contributed by atoms with E-state index in [0.29, 0.717) is 21.4 Å². The molecule has 0 unspecified atom stereocenters. The second kappa shape index (κ2) is 8.07. The summed E-state index contributed by atoms with van der Waals surface area (Å²) >= 11 is 2.15. The van der Waals surface area contributed by atoms with Crippen molar-refractivity contribution in [3.8, 4) is 0 Å². The van der Waals surface area contributed by atoms with E-state index in [2.05, 4.69) is 4.98 Å². The molecule has 1 amide bonds. The third-order valence-electron chi connectivity index (χ3n) is 3.49. The molecular formula is C19H13N2O4S2-. The molecule has 0 aliphatic heterocycles. The van der Waals surface area contributed by atoms with Crippen LogP contribution in [0.15, 0.2) is 53.9 Å². The Balaban J connectivity index is 1.78. The number of carbonyl (C=O) groups excluding carboxylic acids is 3. The molecule has 2 aromatic heterocycles. The van der Waals surface area contributed by atoms with Crippen molar-refractivity contribution in [1.82, 2.24) is 4.98 Å². The maximum atomic E-state index is 12.1. The lowest BCUT2D eigenvalue weighted by molar-refractivity contribution is -0.254. The first-order valence-electron chi connectivity index (χ1n) is 7.80. The number of carbonyl (C=O) groups is 3. The highest BCUT2D eigenvalue weighted by Gasteiger charge is 2.17. The van der Waals surface area contributed by atoms with E-state index in [-0.39, 0.29) is 16.6 Å². The van der Waals surface area contributed by atoms with Crippen LogP contribution < -0.4 is 10.0 Å². The Hall–Kier alpha value is -3.10. The first-order chi connectivity index (χ1) is 13.0. The Kier molecular flexibility index (Phi) is 5.58. The van der Waals surface area contributed by atoms with Crippen LogP contribution >= 0.6 is 22.7 Å². The molecule has 6 nitrogen and oxygen atoms in total. The van der Waals surface area contributed by atoms with Gasteiger partial charge in [-0.05, 0) is 36.4 Å². The summed E-state index contributed by atoms with van der Waals surface area (Å²) in [5, 5.41) is 13.0. The lowest BCUT2D eigenvalue weighted by atomic mass is 10.3. The van der Waals surface area contributed by atoms with Crippen molar-refractivity contribution < 1.29 is 19.5 Å². The molecule has 0 radical (unpaired) electrons. The van der Waals surface area contributed by atoms with E-state index >= 15 is 0 Å². The SMILES string of the molecule is CC(=O)N(c1ccccc1)c1nc(/C=C/C(=O)c2ccc(C(=O)[O-])s2)cs1. The summed E-state index contributed by atoms with van der Waals surface area (Å²) in [5.74, 6) is -1.80. The quantitative estimate of drug-likeness (QED) is 0.471. The summed E-state index contributed by atoms with van der Waals surface area (Å²) in [6.45, 7) is 1.46. The molecule has 0 atom stereocenters. The molecule has 8 heteroatoms. The average molecular weight is 397 g/mol. The first-order valence-corrected chi connectivity index (χ1v) is 9.50. The van der Waals surface area contributed by atoms with Gasteiger partial charge in [-0.3, -0.25) is 14.5 Å². The molecule has 0 bridgehead atoms. The molecule has 0 saturated heterocycles. The zero-order valence-corrected chi connectivity index (χ0v) is 15.8. The number of para-hydroxylation sites is 1. The number of carboxylic acids is 1. The van der Waals surface area contributed by atoms with Crippen LogP contribution in [0.5, 0.6) is 0 Å². The van der Waals surface area contributed by atoms with E-state index in [4.69, 9.17) is 0 Å². The number of aromatic nitrogens is 1. The van der Waals surface area contributed by atoms with Crippen molar-refractivity contribution in [3.05, 3.63) is 69.4 Å². The second-order valence-corrected chi connectivity index (χ2v) is 7.31. The highest BCUT2D eigenvalue weighted by molar-refractivity contribution is 7.16. The summed E-state index contributed by atoms with van der Waals surface area (Å²) in [7, 11) is 0. The van der Waals surface area contributed by atoms with Crippen LogP contribution in [0.3, 0.4) is 0 Å². The number of allylic oxidation sites excluding steroid dienone is 1. The average Bonchev–Trinajstić information content (AvgIpc) is 3.30. The van der Waals surface area contributed by atoms with E-state index in [1.807, 2.05) is 30.3 Å². The number of hydrogen-bond acceptors (Lipinski definition) is 7. The molecule has 27 heavy (non-hydrogen) atoms. The predicted molar refractivity (Wildman–Crippen MR) is 103 cm³/mol. The van der Waals surface area contributed by atoms with Gasteiger partial charge in [-0.1, -0.05) is 18.2 Å². The van der Waals surface area contributed by atoms with Gasteiger partial charge in [0.15, 0.2) is 10.9 Å². The number of thiophene rings is 1. The van der Waals surface area contributed by atoms with Crippen LogP contribution in [0.2, 0.25) is 0 Å². The number of carboxylic acid groups (broad SMARTS) is 1. The van der Waals surface area contributed by atoms with Gasteiger partial charge in [0.1, 0.15) is 0 Å². The van der Waals surface area contributed by atoms with Gasteiger partial charge in [0.25, 0.3) is 0 Å². The summed E-state index contributed by atoms with van der Waals surface area (Å²) in [6.07, 6.45) is 2.86. The smallest absolute Gasteiger partial charge is 0.230 e. The third-order valence-corrected chi connectivity index (χ3v) is 5.41. The van der Waals surface area contributed by atoms with Crippen LogP contribution in [-0.4, -0.2) is 22.6 Å². The van der Waals surface area contributed by atoms with Gasteiger partial charge in [-0.25, -0.2) is 4.98 Å². The number of nitrogens with zero attached hydrogens (tertiary/aromatic N) is 2. The topological polar surface area (TPSA) is 90.4 Å². The van der Waals surface area contributed by atoms with E-state index < -0.39 is 5.97 Å². The molecule has 3 aromatic rings. The second-order valence-electron chi connectivity index (χ2n) is 5.39. The largest absolute Gasteiger partial charge is 0.544 e. The van der Waals surface area contributed by atoms with Gasteiger partial charge in [0, 0.05) is 12.3 Å². The van der Waals surface area contributed by atoms with Gasteiger partial charge < -0.3 is 9.90 Å². The number of rotatable bonds is 6. The van der Waals surface area contributed by atoms with Gasteiger partial charge >= 0.3 is 0 Å².